The topological polar surface area (TPSA) is 75.3 Å². The van der Waals surface area contributed by atoms with E-state index < -0.39 is 0 Å². The van der Waals surface area contributed by atoms with Gasteiger partial charge in [-0.05, 0) is 44.0 Å². The first-order chi connectivity index (χ1) is 14.5. The summed E-state index contributed by atoms with van der Waals surface area (Å²) in [5.41, 5.74) is 3.51. The van der Waals surface area contributed by atoms with Crippen LogP contribution in [0.5, 0.6) is 5.75 Å². The van der Waals surface area contributed by atoms with Crippen molar-refractivity contribution in [2.75, 3.05) is 13.1 Å². The quantitative estimate of drug-likeness (QED) is 0.704. The highest BCUT2D eigenvalue weighted by Gasteiger charge is 2.24. The molecule has 3 heterocycles. The van der Waals surface area contributed by atoms with Crippen LogP contribution in [0.25, 0.3) is 10.9 Å². The number of nitrogens with zero attached hydrogens (tertiary/aromatic N) is 2. The van der Waals surface area contributed by atoms with Crippen LogP contribution in [0.2, 0.25) is 0 Å². The van der Waals surface area contributed by atoms with Crippen molar-refractivity contribution in [3.8, 4) is 5.75 Å². The molecule has 1 aliphatic rings. The lowest BCUT2D eigenvalue weighted by Crippen LogP contribution is -2.42. The third-order valence-corrected chi connectivity index (χ3v) is 5.88. The van der Waals surface area contributed by atoms with Crippen molar-refractivity contribution in [2.45, 2.75) is 45.6 Å². The van der Waals surface area contributed by atoms with Crippen molar-refractivity contribution in [2.24, 2.45) is 0 Å². The van der Waals surface area contributed by atoms with Crippen LogP contribution in [0, 0.1) is 13.8 Å². The number of nitrogens with one attached hydrogen (secondary N) is 1. The van der Waals surface area contributed by atoms with Crippen molar-refractivity contribution in [3.05, 3.63) is 69.8 Å². The fraction of sp³-hybridized carbons (Fsp3) is 0.375. The number of hydrogen-bond acceptors (Lipinski definition) is 4. The Labute approximate surface area is 175 Å². The maximum Gasteiger partial charge on any atom is 0.222 e. The van der Waals surface area contributed by atoms with Gasteiger partial charge in [-0.2, -0.15) is 0 Å². The van der Waals surface area contributed by atoms with Gasteiger partial charge < -0.3 is 14.6 Å². The number of carbonyl (C=O) groups is 1. The summed E-state index contributed by atoms with van der Waals surface area (Å²) < 4.78 is 5.95. The van der Waals surface area contributed by atoms with Crippen LogP contribution in [0.3, 0.4) is 0 Å². The Bertz CT molecular complexity index is 1100. The highest BCUT2D eigenvalue weighted by Crippen LogP contribution is 2.20. The summed E-state index contributed by atoms with van der Waals surface area (Å²) in [6, 6.07) is 9.48. The number of carbonyl (C=O) groups excluding carboxylic acids is 1. The number of piperidine rings is 1. The molecule has 0 saturated carbocycles. The highest BCUT2D eigenvalue weighted by molar-refractivity contribution is 5.82. The minimum Gasteiger partial charge on any atom is -0.489 e. The van der Waals surface area contributed by atoms with E-state index in [0.29, 0.717) is 36.9 Å². The lowest BCUT2D eigenvalue weighted by atomic mass is 10.0. The van der Waals surface area contributed by atoms with Crippen LogP contribution in [0.4, 0.5) is 0 Å². The van der Waals surface area contributed by atoms with Gasteiger partial charge >= 0.3 is 0 Å². The van der Waals surface area contributed by atoms with Crippen LogP contribution in [-0.4, -0.2) is 40.0 Å². The normalized spacial score (nSPS) is 14.8. The van der Waals surface area contributed by atoms with Crippen LogP contribution >= 0.6 is 0 Å². The molecule has 1 aromatic carbocycles. The van der Waals surface area contributed by atoms with Crippen molar-refractivity contribution in [3.63, 3.8) is 0 Å². The van der Waals surface area contributed by atoms with Crippen molar-refractivity contribution in [1.29, 1.82) is 0 Å². The van der Waals surface area contributed by atoms with Gasteiger partial charge in [-0.3, -0.25) is 14.6 Å². The van der Waals surface area contributed by atoms with E-state index in [9.17, 15) is 9.59 Å². The molecule has 1 amide bonds. The zero-order valence-corrected chi connectivity index (χ0v) is 17.5. The lowest BCUT2D eigenvalue weighted by molar-refractivity contribution is -0.132. The van der Waals surface area contributed by atoms with Crippen molar-refractivity contribution in [1.82, 2.24) is 14.9 Å². The van der Waals surface area contributed by atoms with E-state index in [1.807, 2.05) is 49.1 Å². The van der Waals surface area contributed by atoms with Gasteiger partial charge in [0.2, 0.25) is 5.91 Å². The number of H-pyrrole nitrogens is 1. The summed E-state index contributed by atoms with van der Waals surface area (Å²) in [5.74, 6) is 0.862. The van der Waals surface area contributed by atoms with Crippen molar-refractivity contribution < 1.29 is 9.53 Å². The maximum absolute atomic E-state index is 12.9. The van der Waals surface area contributed by atoms with Crippen LogP contribution in [0.15, 0.2) is 47.5 Å². The SMILES string of the molecule is Cc1[nH]c2c(C)cccc2c(=O)c1CCC(=O)N1CCC(Oc2cccnc2)CC1. The standard InChI is InChI=1S/C24H27N3O3/c1-16-5-3-7-21-23(16)26-17(2)20(24(21)29)8-9-22(28)27-13-10-18(11-14-27)30-19-6-4-12-25-15-19/h3-7,12,15,18H,8-11,13-14H2,1-2H3,(H,26,29). The lowest BCUT2D eigenvalue weighted by Gasteiger charge is -2.32. The second-order valence-electron chi connectivity index (χ2n) is 7.94. The summed E-state index contributed by atoms with van der Waals surface area (Å²) in [6.07, 6.45) is 5.93. The predicted molar refractivity (Wildman–Crippen MR) is 117 cm³/mol. The number of benzene rings is 1. The first-order valence-corrected chi connectivity index (χ1v) is 10.5. The van der Waals surface area contributed by atoms with Crippen LogP contribution < -0.4 is 10.2 Å². The molecule has 1 fully saturated rings. The summed E-state index contributed by atoms with van der Waals surface area (Å²) in [6.45, 7) is 5.25. The van der Waals surface area contributed by atoms with Gasteiger partial charge in [0, 0.05) is 55.2 Å². The molecule has 1 aliphatic heterocycles. The molecule has 6 nitrogen and oxygen atoms in total. The molecular formula is C24H27N3O3. The molecule has 0 spiro atoms. The Kier molecular flexibility index (Phi) is 5.84. The monoisotopic (exact) mass is 405 g/mol. The first-order valence-electron chi connectivity index (χ1n) is 10.5. The number of likely N-dealkylation sites (tertiary alicyclic amines) is 1. The third kappa shape index (κ3) is 4.22. The number of rotatable bonds is 5. The van der Waals surface area contributed by atoms with E-state index in [-0.39, 0.29) is 17.4 Å². The van der Waals surface area contributed by atoms with Gasteiger partial charge in [0.25, 0.3) is 0 Å². The van der Waals surface area contributed by atoms with E-state index in [0.717, 1.165) is 35.4 Å². The molecule has 30 heavy (non-hydrogen) atoms. The molecular weight excluding hydrogens is 378 g/mol. The summed E-state index contributed by atoms with van der Waals surface area (Å²) in [4.78, 5) is 35.0. The molecule has 0 atom stereocenters. The molecule has 0 unspecified atom stereocenters. The predicted octanol–water partition coefficient (Wildman–Crippen LogP) is 3.54. The Morgan fingerprint density at radius 2 is 2.00 bits per heavy atom. The fourth-order valence-electron chi connectivity index (χ4n) is 4.14. The second-order valence-corrected chi connectivity index (χ2v) is 7.94. The highest BCUT2D eigenvalue weighted by atomic mass is 16.5. The van der Waals surface area contributed by atoms with Gasteiger partial charge in [0.1, 0.15) is 11.9 Å². The molecule has 0 bridgehead atoms. The minimum atomic E-state index is 0.0290. The fourth-order valence-corrected chi connectivity index (χ4v) is 4.14. The van der Waals surface area contributed by atoms with E-state index in [4.69, 9.17) is 4.74 Å². The average Bonchev–Trinajstić information content (AvgIpc) is 2.75. The largest absolute Gasteiger partial charge is 0.489 e. The molecule has 4 rings (SSSR count). The van der Waals surface area contributed by atoms with E-state index in [1.165, 1.54) is 0 Å². The number of amides is 1. The number of aromatic nitrogens is 2. The Morgan fingerprint density at radius 1 is 1.20 bits per heavy atom. The summed E-state index contributed by atoms with van der Waals surface area (Å²) in [5, 5.41) is 0.691. The molecule has 1 saturated heterocycles. The molecule has 156 valence electrons. The molecule has 3 aromatic rings. The Morgan fingerprint density at radius 3 is 2.73 bits per heavy atom. The summed E-state index contributed by atoms with van der Waals surface area (Å²) in [7, 11) is 0. The van der Waals surface area contributed by atoms with Gasteiger partial charge in [0.15, 0.2) is 5.43 Å². The van der Waals surface area contributed by atoms with Crippen LogP contribution in [-0.2, 0) is 11.2 Å². The number of aromatic amines is 1. The van der Waals surface area contributed by atoms with E-state index in [2.05, 4.69) is 9.97 Å². The van der Waals surface area contributed by atoms with Crippen LogP contribution in [0.1, 0.15) is 36.1 Å². The second kappa shape index (κ2) is 8.69. The molecule has 6 heteroatoms. The Balaban J connectivity index is 1.36. The van der Waals surface area contributed by atoms with Crippen molar-refractivity contribution >= 4 is 16.8 Å². The number of pyridine rings is 2. The van der Waals surface area contributed by atoms with Gasteiger partial charge in [-0.25, -0.2) is 0 Å². The third-order valence-electron chi connectivity index (χ3n) is 5.88. The average molecular weight is 405 g/mol. The van der Waals surface area contributed by atoms with E-state index >= 15 is 0 Å². The number of fused-ring (bicyclic) bond motifs is 1. The smallest absolute Gasteiger partial charge is 0.222 e. The Hall–Kier alpha value is -3.15. The summed E-state index contributed by atoms with van der Waals surface area (Å²) >= 11 is 0. The number of ether oxygens (including phenoxy) is 1. The molecule has 0 aliphatic carbocycles. The number of para-hydroxylation sites is 1. The molecule has 0 radical (unpaired) electrons. The van der Waals surface area contributed by atoms with Gasteiger partial charge in [0.05, 0.1) is 11.7 Å². The molecule has 2 aromatic heterocycles. The van der Waals surface area contributed by atoms with Gasteiger partial charge in [-0.15, -0.1) is 0 Å². The van der Waals surface area contributed by atoms with E-state index in [1.54, 1.807) is 12.4 Å². The maximum atomic E-state index is 12.9. The minimum absolute atomic E-state index is 0.0290. The molecule has 1 N–H and O–H groups in total. The van der Waals surface area contributed by atoms with Gasteiger partial charge in [-0.1, -0.05) is 12.1 Å². The zero-order valence-electron chi connectivity index (χ0n) is 17.5. The number of aryl methyl sites for hydroxylation is 2. The first kappa shape index (κ1) is 20.1. The zero-order chi connectivity index (χ0) is 21.1. The number of hydrogen-bond donors (Lipinski definition) is 1.